The minimum Gasteiger partial charge on any atom is -0.399 e. The van der Waals surface area contributed by atoms with Gasteiger partial charge in [-0.05, 0) is 36.4 Å². The molecule has 0 aliphatic rings. The monoisotopic (exact) mass is 285 g/mol. The fourth-order valence-electron chi connectivity index (χ4n) is 1.82. The Bertz CT molecular complexity index is 722. The van der Waals surface area contributed by atoms with Gasteiger partial charge in [-0.3, -0.25) is 0 Å². The molecule has 3 N–H and O–H groups in total. The molecule has 0 unspecified atom stereocenters. The molecule has 3 rings (SSSR count). The fraction of sp³-hybridized carbons (Fsp3) is 0. The third kappa shape index (κ3) is 2.78. The van der Waals surface area contributed by atoms with Crippen molar-refractivity contribution in [2.24, 2.45) is 0 Å². The second-order valence-electron chi connectivity index (χ2n) is 4.30. The summed E-state index contributed by atoms with van der Waals surface area (Å²) in [4.78, 5) is 4.50. The molecule has 20 heavy (non-hydrogen) atoms. The number of benzene rings is 2. The predicted octanol–water partition coefficient (Wildman–Crippen LogP) is 4.28. The first-order chi connectivity index (χ1) is 9.70. The van der Waals surface area contributed by atoms with E-state index in [1.807, 2.05) is 29.6 Å². The van der Waals surface area contributed by atoms with Crippen LogP contribution in [0.4, 0.5) is 20.9 Å². The highest BCUT2D eigenvalue weighted by Gasteiger charge is 2.05. The maximum Gasteiger partial charge on any atom is 0.187 e. The van der Waals surface area contributed by atoms with E-state index in [-0.39, 0.29) is 5.82 Å². The standard InChI is InChI=1S/C15H12FN3S/c16-11-4-6-13(7-5-11)18-15-19-14(9-20-15)10-2-1-3-12(17)8-10/h1-9H,17H2,(H,18,19). The van der Waals surface area contributed by atoms with Crippen LogP contribution in [-0.4, -0.2) is 4.98 Å². The van der Waals surface area contributed by atoms with E-state index < -0.39 is 0 Å². The molecule has 0 aliphatic carbocycles. The summed E-state index contributed by atoms with van der Waals surface area (Å²) < 4.78 is 12.8. The van der Waals surface area contributed by atoms with Gasteiger partial charge < -0.3 is 11.1 Å². The summed E-state index contributed by atoms with van der Waals surface area (Å²) >= 11 is 1.49. The molecule has 0 saturated carbocycles. The van der Waals surface area contributed by atoms with Gasteiger partial charge >= 0.3 is 0 Å². The number of hydrogen-bond acceptors (Lipinski definition) is 4. The third-order valence-electron chi connectivity index (χ3n) is 2.78. The lowest BCUT2D eigenvalue weighted by Crippen LogP contribution is -1.90. The van der Waals surface area contributed by atoms with Gasteiger partial charge in [0.15, 0.2) is 5.13 Å². The molecule has 0 spiro atoms. The molecule has 5 heteroatoms. The molecule has 3 aromatic rings. The topological polar surface area (TPSA) is 50.9 Å². The van der Waals surface area contributed by atoms with E-state index in [1.54, 1.807) is 12.1 Å². The highest BCUT2D eigenvalue weighted by molar-refractivity contribution is 7.14. The minimum absolute atomic E-state index is 0.255. The number of nitrogens with one attached hydrogen (secondary N) is 1. The van der Waals surface area contributed by atoms with E-state index in [0.29, 0.717) is 5.69 Å². The Balaban J connectivity index is 1.82. The Morgan fingerprint density at radius 3 is 2.65 bits per heavy atom. The molecule has 3 nitrogen and oxygen atoms in total. The first-order valence-corrected chi connectivity index (χ1v) is 6.93. The largest absolute Gasteiger partial charge is 0.399 e. The fourth-order valence-corrected chi connectivity index (χ4v) is 2.56. The average molecular weight is 285 g/mol. The number of thiazole rings is 1. The van der Waals surface area contributed by atoms with Gasteiger partial charge in [0, 0.05) is 22.3 Å². The smallest absolute Gasteiger partial charge is 0.187 e. The third-order valence-corrected chi connectivity index (χ3v) is 3.54. The van der Waals surface area contributed by atoms with Crippen molar-refractivity contribution >= 4 is 27.8 Å². The zero-order valence-electron chi connectivity index (χ0n) is 10.5. The first-order valence-electron chi connectivity index (χ1n) is 6.05. The quantitative estimate of drug-likeness (QED) is 0.706. The molecule has 0 amide bonds. The Morgan fingerprint density at radius 1 is 1.10 bits per heavy atom. The average Bonchev–Trinajstić information content (AvgIpc) is 2.90. The maximum absolute atomic E-state index is 12.8. The number of anilines is 3. The molecule has 2 aromatic carbocycles. The second-order valence-corrected chi connectivity index (χ2v) is 5.15. The van der Waals surface area contributed by atoms with Crippen LogP contribution in [-0.2, 0) is 0 Å². The van der Waals surface area contributed by atoms with E-state index >= 15 is 0 Å². The summed E-state index contributed by atoms with van der Waals surface area (Å²) in [5.41, 5.74) is 9.13. The minimum atomic E-state index is -0.255. The zero-order chi connectivity index (χ0) is 13.9. The van der Waals surface area contributed by atoms with Crippen molar-refractivity contribution in [1.29, 1.82) is 0 Å². The van der Waals surface area contributed by atoms with Crippen LogP contribution in [0.3, 0.4) is 0 Å². The van der Waals surface area contributed by atoms with Crippen LogP contribution in [0.5, 0.6) is 0 Å². The summed E-state index contributed by atoms with van der Waals surface area (Å²) in [5.74, 6) is -0.255. The van der Waals surface area contributed by atoms with E-state index in [0.717, 1.165) is 22.1 Å². The summed E-state index contributed by atoms with van der Waals surface area (Å²) in [6, 6.07) is 13.8. The van der Waals surface area contributed by atoms with E-state index in [2.05, 4.69) is 10.3 Å². The van der Waals surface area contributed by atoms with Crippen LogP contribution >= 0.6 is 11.3 Å². The number of nitrogen functional groups attached to an aromatic ring is 1. The molecule has 100 valence electrons. The van der Waals surface area contributed by atoms with Crippen molar-refractivity contribution in [2.75, 3.05) is 11.1 Å². The Hall–Kier alpha value is -2.40. The van der Waals surface area contributed by atoms with Gasteiger partial charge in [0.2, 0.25) is 0 Å². The lowest BCUT2D eigenvalue weighted by Gasteiger charge is -2.01. The molecule has 0 fully saturated rings. The van der Waals surface area contributed by atoms with Crippen molar-refractivity contribution in [1.82, 2.24) is 4.98 Å². The lowest BCUT2D eigenvalue weighted by molar-refractivity contribution is 0.628. The lowest BCUT2D eigenvalue weighted by atomic mass is 10.1. The molecule has 0 radical (unpaired) electrons. The Kier molecular flexibility index (Phi) is 3.35. The zero-order valence-corrected chi connectivity index (χ0v) is 11.3. The van der Waals surface area contributed by atoms with E-state index in [1.165, 1.54) is 23.5 Å². The van der Waals surface area contributed by atoms with Crippen molar-refractivity contribution in [3.8, 4) is 11.3 Å². The number of halogens is 1. The van der Waals surface area contributed by atoms with Crippen molar-refractivity contribution < 1.29 is 4.39 Å². The number of nitrogens with two attached hydrogens (primary N) is 1. The van der Waals surface area contributed by atoms with Crippen LogP contribution in [0.1, 0.15) is 0 Å². The molecule has 1 aromatic heterocycles. The molecule has 0 saturated heterocycles. The van der Waals surface area contributed by atoms with Gasteiger partial charge in [-0.1, -0.05) is 12.1 Å². The van der Waals surface area contributed by atoms with Gasteiger partial charge in [0.05, 0.1) is 5.69 Å². The van der Waals surface area contributed by atoms with E-state index in [9.17, 15) is 4.39 Å². The van der Waals surface area contributed by atoms with Crippen molar-refractivity contribution in [2.45, 2.75) is 0 Å². The molecular weight excluding hydrogens is 273 g/mol. The molecule has 1 heterocycles. The highest BCUT2D eigenvalue weighted by Crippen LogP contribution is 2.28. The normalized spacial score (nSPS) is 10.4. The van der Waals surface area contributed by atoms with Crippen LogP contribution < -0.4 is 11.1 Å². The van der Waals surface area contributed by atoms with Crippen molar-refractivity contribution in [3.05, 3.63) is 59.7 Å². The summed E-state index contributed by atoms with van der Waals surface area (Å²) in [6.45, 7) is 0. The number of hydrogen-bond donors (Lipinski definition) is 2. The summed E-state index contributed by atoms with van der Waals surface area (Å²) in [6.07, 6.45) is 0. The SMILES string of the molecule is Nc1cccc(-c2csc(Nc3ccc(F)cc3)n2)c1. The predicted molar refractivity (Wildman–Crippen MR) is 81.6 cm³/mol. The van der Waals surface area contributed by atoms with Crippen LogP contribution in [0.15, 0.2) is 53.9 Å². The van der Waals surface area contributed by atoms with Gasteiger partial charge in [-0.15, -0.1) is 11.3 Å². The second kappa shape index (κ2) is 5.30. The number of rotatable bonds is 3. The van der Waals surface area contributed by atoms with Gasteiger partial charge in [-0.2, -0.15) is 0 Å². The van der Waals surface area contributed by atoms with Crippen LogP contribution in [0.25, 0.3) is 11.3 Å². The molecular formula is C15H12FN3S. The number of nitrogens with zero attached hydrogens (tertiary/aromatic N) is 1. The van der Waals surface area contributed by atoms with E-state index in [4.69, 9.17) is 5.73 Å². The number of aromatic nitrogens is 1. The van der Waals surface area contributed by atoms with Gasteiger partial charge in [-0.25, -0.2) is 9.37 Å². The summed E-state index contributed by atoms with van der Waals surface area (Å²) in [7, 11) is 0. The maximum atomic E-state index is 12.8. The van der Waals surface area contributed by atoms with Gasteiger partial charge in [0.25, 0.3) is 0 Å². The van der Waals surface area contributed by atoms with Gasteiger partial charge in [0.1, 0.15) is 5.82 Å². The molecule has 0 atom stereocenters. The van der Waals surface area contributed by atoms with Crippen LogP contribution in [0.2, 0.25) is 0 Å². The van der Waals surface area contributed by atoms with Crippen LogP contribution in [0, 0.1) is 5.82 Å². The molecule has 0 aliphatic heterocycles. The molecule has 0 bridgehead atoms. The van der Waals surface area contributed by atoms with Crippen molar-refractivity contribution in [3.63, 3.8) is 0 Å². The highest BCUT2D eigenvalue weighted by atomic mass is 32.1. The summed E-state index contributed by atoms with van der Waals surface area (Å²) in [5, 5.41) is 5.86. The Morgan fingerprint density at radius 2 is 1.90 bits per heavy atom. The first kappa shape index (κ1) is 12.6. The Labute approximate surface area is 119 Å².